The van der Waals surface area contributed by atoms with Crippen LogP contribution in [0.25, 0.3) is 44.7 Å². The number of nitriles is 1. The fourth-order valence-electron chi connectivity index (χ4n) is 17.9. The molecule has 19 atom stereocenters. The van der Waals surface area contributed by atoms with E-state index in [1.807, 2.05) is 113 Å². The quantitative estimate of drug-likeness (QED) is 0.0173. The van der Waals surface area contributed by atoms with Gasteiger partial charge in [-0.25, -0.2) is 59.8 Å². The van der Waals surface area contributed by atoms with Crippen LogP contribution in [-0.4, -0.2) is 252 Å². The van der Waals surface area contributed by atoms with Gasteiger partial charge in [-0.3, -0.25) is 72.3 Å². The van der Waals surface area contributed by atoms with Gasteiger partial charge in [0.15, 0.2) is 97.0 Å². The Hall–Kier alpha value is -10.2. The molecular formula is C100H129N25O14P4S4Si2. The minimum Gasteiger partial charge on any atom is -0.408 e. The van der Waals surface area contributed by atoms with Crippen molar-refractivity contribution in [2.75, 3.05) is 92.2 Å². The van der Waals surface area contributed by atoms with Gasteiger partial charge >= 0.3 is 0 Å². The predicted octanol–water partition coefficient (Wildman–Crippen LogP) is 16.9. The van der Waals surface area contributed by atoms with Crippen molar-refractivity contribution in [2.45, 2.75) is 192 Å². The lowest BCUT2D eigenvalue weighted by molar-refractivity contribution is -0.0426. The highest BCUT2D eigenvalue weighted by Crippen LogP contribution is 2.54. The summed E-state index contributed by atoms with van der Waals surface area (Å²) in [4.78, 5) is 117. The van der Waals surface area contributed by atoms with E-state index in [4.69, 9.17) is 129 Å². The van der Waals surface area contributed by atoms with Crippen LogP contribution in [0, 0.1) is 23.2 Å². The number of hydrogen-bond acceptors (Lipinski definition) is 32. The maximum absolute atomic E-state index is 14.0. The number of nitrogens with two attached hydrogens (primary N) is 1. The summed E-state index contributed by atoms with van der Waals surface area (Å²) in [6.45, 7) is 49.7. The summed E-state index contributed by atoms with van der Waals surface area (Å²) in [7, 11) is -4.71. The minimum atomic E-state index is -2.88. The molecule has 0 bridgehead atoms. The molecule has 149 heavy (non-hydrogen) atoms. The number of nitrogens with zero attached hydrogens (tertiary/aromatic N) is 21. The Labute approximate surface area is 892 Å². The summed E-state index contributed by atoms with van der Waals surface area (Å²) in [6.07, 6.45) is 3.88. The molecular weight excluding hydrogens is 2080 g/mol. The van der Waals surface area contributed by atoms with Gasteiger partial charge in [-0.05, 0) is 96.6 Å². The lowest BCUT2D eigenvalue weighted by Crippen LogP contribution is -2.52. The molecule has 5 aliphatic rings. The van der Waals surface area contributed by atoms with Crippen LogP contribution in [0.15, 0.2) is 223 Å². The Balaban J connectivity index is 0.000000227. The molecule has 12 aromatic rings. The molecule has 0 saturated carbocycles. The lowest BCUT2D eigenvalue weighted by Gasteiger charge is -2.41. The second-order valence-corrected chi connectivity index (χ2v) is 62.9. The summed E-state index contributed by atoms with van der Waals surface area (Å²) in [5, 5.41) is 18.1. The zero-order valence-electron chi connectivity index (χ0n) is 85.3. The molecule has 5 aliphatic heterocycles. The molecule has 8 aromatic heterocycles. The highest BCUT2D eigenvalue weighted by Gasteiger charge is 2.56. The van der Waals surface area contributed by atoms with E-state index in [-0.39, 0.29) is 118 Å². The molecule has 5 unspecified atom stereocenters. The Kier molecular flexibility index (Phi) is 37.1. The Morgan fingerprint density at radius 3 is 1.17 bits per heavy atom. The first-order valence-corrected chi connectivity index (χ1v) is 65.3. The number of aromatic nitrogens is 16. The van der Waals surface area contributed by atoms with Crippen LogP contribution in [0.5, 0.6) is 0 Å². The fraction of sp³-hybridized carbons (Fsp3) is 0.430. The average Bonchev–Trinajstić information content (AvgIpc) is 1.57. The van der Waals surface area contributed by atoms with Crippen molar-refractivity contribution >= 4 is 182 Å². The number of imidazole rings is 4. The molecule has 0 spiro atoms. The number of rotatable bonds is 32. The number of ether oxygens (including phenoxy) is 4. The van der Waals surface area contributed by atoms with Crippen molar-refractivity contribution in [3.8, 4) is 6.07 Å². The third kappa shape index (κ3) is 25.0. The van der Waals surface area contributed by atoms with Gasteiger partial charge in [0.25, 0.3) is 23.6 Å². The van der Waals surface area contributed by atoms with Crippen LogP contribution in [0.2, 0.25) is 36.3 Å². The van der Waals surface area contributed by atoms with Crippen LogP contribution >= 0.6 is 26.8 Å². The highest BCUT2D eigenvalue weighted by molar-refractivity contribution is 8.11. The molecule has 5 N–H and O–H groups in total. The molecule has 4 aromatic carbocycles. The number of benzene rings is 4. The smallest absolute Gasteiger partial charge is 0.259 e. The van der Waals surface area contributed by atoms with Gasteiger partial charge in [-0.2, -0.15) is 5.26 Å². The van der Waals surface area contributed by atoms with Gasteiger partial charge in [0.05, 0.1) is 76.0 Å². The van der Waals surface area contributed by atoms with E-state index < -0.39 is 110 Å². The van der Waals surface area contributed by atoms with Crippen molar-refractivity contribution in [2.24, 2.45) is 17.6 Å². The second kappa shape index (κ2) is 48.4. The van der Waals surface area contributed by atoms with E-state index in [0.717, 1.165) is 0 Å². The number of carbonyl (C=O) groups is 4. The second-order valence-electron chi connectivity index (χ2n) is 39.6. The predicted molar refractivity (Wildman–Crippen MR) is 598 cm³/mol. The van der Waals surface area contributed by atoms with Crippen molar-refractivity contribution in [3.05, 3.63) is 245 Å². The molecule has 39 nitrogen and oxygen atoms in total. The SMILES string of the molecule is C.C=CCN(C(=O)c1ccccc1)c1ncnc2c1ncn2[C@@H]1O[C@@H]2COP(C)(=S)N[C@H]3[C@@H](O[Si](C)(C)C(C)(C)C)[C@H](n4cnc5c(N(CC=C)C(=O)c6ccccc6)ncnc54)O[C@@H]3COP(C)(=S)N[C@H]2C1C.C=CCN(C(=O)c1ccccc1)c1ncnc2c1ncn2[C@@H]1O[C@H](COP=S)[C@@H](NP(C)(=S)OC[C@H]2O[C@@H](n3cnc4c(N(CC=C)C(=O)c5ccccc5)ncnc43)[C@H](O[Si](C)(C)C(C)(C)C)[C@@H]2N)C1C.CC#N. The topological polar surface area (TPSA) is 434 Å². The van der Waals surface area contributed by atoms with E-state index in [1.165, 1.54) is 51.8 Å². The molecule has 5 saturated heterocycles. The zero-order valence-corrected chi connectivity index (χ0v) is 94.1. The van der Waals surface area contributed by atoms with Crippen molar-refractivity contribution in [3.63, 3.8) is 0 Å². The molecule has 0 radical (unpaired) electrons. The van der Waals surface area contributed by atoms with Crippen molar-refractivity contribution < 1.29 is 65.1 Å². The van der Waals surface area contributed by atoms with Crippen LogP contribution in [-0.2, 0) is 93.1 Å². The van der Waals surface area contributed by atoms with E-state index in [1.54, 1.807) is 109 Å². The lowest BCUT2D eigenvalue weighted by atomic mass is 10.00. The molecule has 790 valence electrons. The zero-order chi connectivity index (χ0) is 106. The number of fused-ring (bicyclic) bond motifs is 6. The number of amides is 4. The summed E-state index contributed by atoms with van der Waals surface area (Å²) >= 11 is 24.1. The third-order valence-corrected chi connectivity index (χ3v) is 43.0. The first-order chi connectivity index (χ1) is 70.5. The number of anilines is 4. The maximum atomic E-state index is 14.0. The van der Waals surface area contributed by atoms with E-state index in [9.17, 15) is 19.2 Å². The van der Waals surface area contributed by atoms with E-state index in [0.29, 0.717) is 97.8 Å². The fourth-order valence-corrected chi connectivity index (χ4v) is 26.8. The van der Waals surface area contributed by atoms with E-state index in [2.05, 4.69) is 151 Å². The van der Waals surface area contributed by atoms with Crippen molar-refractivity contribution in [1.82, 2.24) is 93.3 Å². The number of hydrogen-bond donors (Lipinski definition) is 4. The van der Waals surface area contributed by atoms with Gasteiger partial charge < -0.3 is 51.6 Å². The normalized spacial score (nSPS) is 25.0. The van der Waals surface area contributed by atoms with Crippen LogP contribution in [0.1, 0.15) is 136 Å². The molecule has 5 fully saturated rings. The standard InChI is InChI=1S/C49H62N12O7P2S2Si.C48H60N12O7P2S2Si.C2H3N.CH4/c1-11-23-58(45(62)32-19-15-13-16-20-32)41-38-43(52-27-50-41)60(29-54-38)47-31(3)36-34(66-47)25-64-70(8,72)57-37-35(26-65-69(7,71)56-36)67-48(40(37)68-73(9,10)49(4,5)6)61-30-55-39-42(51-28-53-44(39)61)59(24-12-2)46(63)33-21-17-14-18-22-33;1-10-22-57(44(61)31-18-14-12-15-19-31)40-37-42(52-26-50-40)59(28-54-37)46-30(3)36(34(66-46)24-63-68-70)56-69(7,71)64-25-33-35(49)39(67-72(8,9)48(4,5)6)47(65-33)60-29-55-38-41(51-27-53-43(38)60)58(23-11-2)45(62)32-20-16-13-17-21-32;1-2-3;/h11-22,27-31,34-37,40,47-48H,1-2,23-26H2,3-10H3,(H,56,71)(H,57,72);10-21,26-30,33-36,39,46-47H,1-2,22-25,49H2,3-9H3,(H,56,71);1H3;1H4/t31?,34-,35-,36+,37-,40-,47-,48-,69?,70?;30?,33-,34-,35-,36+,39-,46-,47-,69?;;/m11../s1. The van der Waals surface area contributed by atoms with Gasteiger partial charge in [0, 0.05) is 99.3 Å². The Morgan fingerprint density at radius 1 is 0.517 bits per heavy atom. The summed E-state index contributed by atoms with van der Waals surface area (Å²) in [6, 6.07) is 35.8. The van der Waals surface area contributed by atoms with Crippen LogP contribution in [0.4, 0.5) is 23.3 Å². The van der Waals surface area contributed by atoms with Gasteiger partial charge in [-0.15, -0.1) is 26.3 Å². The Morgan fingerprint density at radius 2 is 0.826 bits per heavy atom. The molecule has 49 heteroatoms. The molecule has 4 amide bonds. The summed E-state index contributed by atoms with van der Waals surface area (Å²) < 4.78 is 75.5. The number of carbonyl (C=O) groups excluding carboxylic acids is 4. The van der Waals surface area contributed by atoms with E-state index >= 15 is 0 Å². The highest BCUT2D eigenvalue weighted by atomic mass is 32.5. The summed E-state index contributed by atoms with van der Waals surface area (Å²) in [5.74, 6) is -0.139. The van der Waals surface area contributed by atoms with Crippen LogP contribution < -0.4 is 40.6 Å². The largest absolute Gasteiger partial charge is 0.408 e. The number of nitrogens with one attached hydrogen (secondary N) is 3. The van der Waals surface area contributed by atoms with Gasteiger partial charge in [-0.1, -0.05) is 195 Å². The maximum Gasteiger partial charge on any atom is 0.259 e. The minimum absolute atomic E-state index is 0. The Bertz CT molecular complexity index is 7040. The first kappa shape index (κ1) is 114. The molecule has 0 aliphatic carbocycles. The average molecular weight is 2210 g/mol. The monoisotopic (exact) mass is 2210 g/mol. The van der Waals surface area contributed by atoms with Crippen LogP contribution in [0.3, 0.4) is 0 Å². The first-order valence-electron chi connectivity index (χ1n) is 48.1. The van der Waals surface area contributed by atoms with Gasteiger partial charge in [0.1, 0.15) is 95.1 Å². The van der Waals surface area contributed by atoms with Gasteiger partial charge in [0.2, 0.25) is 0 Å². The molecule has 17 rings (SSSR count). The third-order valence-electron chi connectivity index (χ3n) is 27.4. The van der Waals surface area contributed by atoms with Crippen molar-refractivity contribution in [1.29, 1.82) is 5.26 Å². The summed E-state index contributed by atoms with van der Waals surface area (Å²) in [5.41, 5.74) is 12.6. The molecule has 13 heterocycles.